The monoisotopic (exact) mass is 235 g/mol. The molecule has 16 heavy (non-hydrogen) atoms. The molecule has 3 rings (SSSR count). The van der Waals surface area contributed by atoms with E-state index in [1.54, 1.807) is 0 Å². The molecule has 1 aliphatic carbocycles. The summed E-state index contributed by atoms with van der Waals surface area (Å²) in [4.78, 5) is 13.0. The number of fused-ring (bicyclic) bond motifs is 1. The highest BCUT2D eigenvalue weighted by molar-refractivity contribution is 8.01. The molecule has 1 N–H and O–H groups in total. The van der Waals surface area contributed by atoms with Gasteiger partial charge in [-0.1, -0.05) is 12.1 Å². The molecule has 1 saturated carbocycles. The summed E-state index contributed by atoms with van der Waals surface area (Å²) in [5.74, 6) is -0.153. The molecule has 0 amide bonds. The van der Waals surface area contributed by atoms with E-state index in [-0.39, 0.29) is 16.8 Å². The third-order valence-electron chi connectivity index (χ3n) is 3.21. The van der Waals surface area contributed by atoms with Crippen LogP contribution in [0.2, 0.25) is 0 Å². The van der Waals surface area contributed by atoms with Crippen LogP contribution >= 0.6 is 11.8 Å². The molecule has 1 aromatic carbocycles. The number of methoxy groups -OCH3 is 1. The first kappa shape index (κ1) is 10.0. The Labute approximate surface area is 98.6 Å². The molecule has 1 aromatic rings. The Morgan fingerprint density at radius 2 is 2.25 bits per heavy atom. The Bertz CT molecular complexity index is 442. The van der Waals surface area contributed by atoms with E-state index < -0.39 is 0 Å². The van der Waals surface area contributed by atoms with E-state index in [1.165, 1.54) is 12.0 Å². The molecule has 3 nitrogen and oxygen atoms in total. The number of nitrogens with one attached hydrogen (secondary N) is 1. The van der Waals surface area contributed by atoms with Crippen LogP contribution in [0.1, 0.15) is 12.8 Å². The predicted octanol–water partition coefficient (Wildman–Crippen LogP) is 2.28. The van der Waals surface area contributed by atoms with Gasteiger partial charge in [0.15, 0.2) is 0 Å². The Hall–Kier alpha value is -1.16. The summed E-state index contributed by atoms with van der Waals surface area (Å²) in [5, 5.41) is 3.31. The van der Waals surface area contributed by atoms with Crippen molar-refractivity contribution in [2.75, 3.05) is 12.4 Å². The minimum atomic E-state index is -0.197. The lowest BCUT2D eigenvalue weighted by Crippen LogP contribution is -2.43. The summed E-state index contributed by atoms with van der Waals surface area (Å²) < 4.78 is 4.91. The molecule has 1 atom stereocenters. The first-order valence-corrected chi connectivity index (χ1v) is 6.19. The molecule has 1 unspecified atom stereocenters. The van der Waals surface area contributed by atoms with Gasteiger partial charge in [0.2, 0.25) is 0 Å². The fourth-order valence-electron chi connectivity index (χ4n) is 2.15. The second-order valence-electron chi connectivity index (χ2n) is 4.26. The largest absolute Gasteiger partial charge is 0.467 e. The molecular formula is C12H13NO2S. The van der Waals surface area contributed by atoms with Crippen LogP contribution in [-0.2, 0) is 9.53 Å². The molecule has 1 aliphatic heterocycles. The first-order valence-electron chi connectivity index (χ1n) is 5.38. The van der Waals surface area contributed by atoms with E-state index in [0.717, 1.165) is 18.5 Å². The van der Waals surface area contributed by atoms with Gasteiger partial charge in [0.25, 0.3) is 0 Å². The lowest BCUT2D eigenvalue weighted by Gasteiger charge is -2.32. The van der Waals surface area contributed by atoms with Gasteiger partial charge in [0.05, 0.1) is 11.9 Å². The average molecular weight is 235 g/mol. The van der Waals surface area contributed by atoms with Gasteiger partial charge in [0, 0.05) is 10.6 Å². The van der Waals surface area contributed by atoms with Gasteiger partial charge in [-0.25, -0.2) is 4.79 Å². The molecule has 0 aromatic heterocycles. The Kier molecular flexibility index (Phi) is 2.14. The quantitative estimate of drug-likeness (QED) is 0.758. The van der Waals surface area contributed by atoms with Crippen LogP contribution in [0.25, 0.3) is 0 Å². The number of thioether (sulfide) groups is 1. The summed E-state index contributed by atoms with van der Waals surface area (Å²) in [6, 6.07) is 7.92. The van der Waals surface area contributed by atoms with Crippen molar-refractivity contribution in [1.29, 1.82) is 0 Å². The fourth-order valence-corrected chi connectivity index (χ4v) is 3.55. The van der Waals surface area contributed by atoms with E-state index in [0.29, 0.717) is 0 Å². The molecule has 84 valence electrons. The Balaban J connectivity index is 1.96. The normalized spacial score (nSPS) is 24.4. The van der Waals surface area contributed by atoms with Crippen LogP contribution in [0.15, 0.2) is 29.2 Å². The van der Waals surface area contributed by atoms with E-state index in [1.807, 2.05) is 30.0 Å². The smallest absolute Gasteiger partial charge is 0.329 e. The van der Waals surface area contributed by atoms with Gasteiger partial charge >= 0.3 is 5.97 Å². The van der Waals surface area contributed by atoms with Gasteiger partial charge in [-0.05, 0) is 25.0 Å². The molecule has 1 fully saturated rings. The third kappa shape index (κ3) is 1.40. The number of hydrogen-bond acceptors (Lipinski definition) is 4. The number of hydrogen-bond donors (Lipinski definition) is 1. The molecule has 1 heterocycles. The molecule has 2 aliphatic rings. The highest BCUT2D eigenvalue weighted by Crippen LogP contribution is 2.58. The second kappa shape index (κ2) is 3.42. The van der Waals surface area contributed by atoms with Crippen LogP contribution in [0, 0.1) is 0 Å². The minimum absolute atomic E-state index is 0.0431. The molecular weight excluding hydrogens is 222 g/mol. The van der Waals surface area contributed by atoms with E-state index >= 15 is 0 Å². The van der Waals surface area contributed by atoms with Crippen LogP contribution in [-0.4, -0.2) is 23.9 Å². The highest BCUT2D eigenvalue weighted by atomic mass is 32.2. The maximum Gasteiger partial charge on any atom is 0.329 e. The zero-order valence-corrected chi connectivity index (χ0v) is 9.84. The summed E-state index contributed by atoms with van der Waals surface area (Å²) in [5.41, 5.74) is 1.04. The van der Waals surface area contributed by atoms with Gasteiger partial charge in [-0.2, -0.15) is 0 Å². The lowest BCUT2D eigenvalue weighted by atomic mass is 10.1. The topological polar surface area (TPSA) is 38.3 Å². The van der Waals surface area contributed by atoms with E-state index in [2.05, 4.69) is 11.4 Å². The van der Waals surface area contributed by atoms with E-state index in [4.69, 9.17) is 4.74 Å². The highest BCUT2D eigenvalue weighted by Gasteiger charge is 2.56. The molecule has 0 bridgehead atoms. The average Bonchev–Trinajstić information content (AvgIpc) is 3.07. The van der Waals surface area contributed by atoms with Crippen LogP contribution in [0.3, 0.4) is 0 Å². The van der Waals surface area contributed by atoms with Gasteiger partial charge in [-0.3, -0.25) is 0 Å². The standard InChI is InChI=1S/C12H13NO2S/c1-15-11(14)10-12(6-7-12)16-9-5-3-2-4-8(9)13-10/h2-5,10,13H,6-7H2,1H3. The third-order valence-corrected chi connectivity index (χ3v) is 4.83. The van der Waals surface area contributed by atoms with E-state index in [9.17, 15) is 4.79 Å². The second-order valence-corrected chi connectivity index (χ2v) is 5.72. The number of carbonyl (C=O) groups excluding carboxylic acids is 1. The van der Waals surface area contributed by atoms with Gasteiger partial charge in [0.1, 0.15) is 6.04 Å². The molecule has 1 spiro atoms. The molecule has 4 heteroatoms. The van der Waals surface area contributed by atoms with Crippen LogP contribution in [0.4, 0.5) is 5.69 Å². The van der Waals surface area contributed by atoms with Gasteiger partial charge in [-0.15, -0.1) is 11.8 Å². The summed E-state index contributed by atoms with van der Waals surface area (Å²) in [7, 11) is 1.45. The summed E-state index contributed by atoms with van der Waals surface area (Å²) in [6.07, 6.45) is 2.16. The number of carbonyl (C=O) groups is 1. The summed E-state index contributed by atoms with van der Waals surface area (Å²) >= 11 is 1.81. The lowest BCUT2D eigenvalue weighted by molar-refractivity contribution is -0.141. The maximum atomic E-state index is 11.7. The van der Waals surface area contributed by atoms with Crippen LogP contribution in [0.5, 0.6) is 0 Å². The Morgan fingerprint density at radius 3 is 2.94 bits per heavy atom. The SMILES string of the molecule is COC(=O)C1Nc2ccccc2SC12CC2. The summed E-state index contributed by atoms with van der Waals surface area (Å²) in [6.45, 7) is 0. The zero-order valence-electron chi connectivity index (χ0n) is 9.03. The van der Waals surface area contributed by atoms with Crippen molar-refractivity contribution >= 4 is 23.4 Å². The van der Waals surface area contributed by atoms with Crippen molar-refractivity contribution in [3.05, 3.63) is 24.3 Å². The van der Waals surface area contributed by atoms with Crippen molar-refractivity contribution < 1.29 is 9.53 Å². The zero-order chi connectivity index (χ0) is 11.2. The fraction of sp³-hybridized carbons (Fsp3) is 0.417. The predicted molar refractivity (Wildman–Crippen MR) is 63.7 cm³/mol. The Morgan fingerprint density at radius 1 is 1.50 bits per heavy atom. The van der Waals surface area contributed by atoms with Crippen molar-refractivity contribution in [3.8, 4) is 0 Å². The number of esters is 1. The minimum Gasteiger partial charge on any atom is -0.467 e. The number of benzene rings is 1. The number of rotatable bonds is 1. The van der Waals surface area contributed by atoms with Crippen molar-refractivity contribution in [2.45, 2.75) is 28.5 Å². The number of anilines is 1. The first-order chi connectivity index (χ1) is 7.75. The molecule has 0 radical (unpaired) electrons. The van der Waals surface area contributed by atoms with Crippen LogP contribution < -0.4 is 5.32 Å². The van der Waals surface area contributed by atoms with Crippen molar-refractivity contribution in [1.82, 2.24) is 0 Å². The van der Waals surface area contributed by atoms with Crippen molar-refractivity contribution in [2.24, 2.45) is 0 Å². The number of ether oxygens (including phenoxy) is 1. The molecule has 0 saturated heterocycles. The maximum absolute atomic E-state index is 11.7. The number of para-hydroxylation sites is 1. The van der Waals surface area contributed by atoms with Crippen molar-refractivity contribution in [3.63, 3.8) is 0 Å². The van der Waals surface area contributed by atoms with Gasteiger partial charge < -0.3 is 10.1 Å².